The van der Waals surface area contributed by atoms with Crippen molar-refractivity contribution in [3.05, 3.63) is 70.4 Å². The van der Waals surface area contributed by atoms with E-state index < -0.39 is 11.7 Å². The normalized spacial score (nSPS) is 11.5. The topological polar surface area (TPSA) is 37.8 Å². The molecule has 7 heteroatoms. The molecule has 0 fully saturated rings. The van der Waals surface area contributed by atoms with E-state index in [0.717, 1.165) is 28.9 Å². The van der Waals surface area contributed by atoms with Gasteiger partial charge in [0, 0.05) is 17.3 Å². The quantitative estimate of drug-likeness (QED) is 0.554. The van der Waals surface area contributed by atoms with Crippen LogP contribution < -0.4 is 5.32 Å². The summed E-state index contributed by atoms with van der Waals surface area (Å²) in [5, 5.41) is 3.38. The van der Waals surface area contributed by atoms with Crippen LogP contribution in [-0.2, 0) is 6.18 Å². The predicted octanol–water partition coefficient (Wildman–Crippen LogP) is 6.18. The van der Waals surface area contributed by atoms with E-state index in [1.165, 1.54) is 12.1 Å². The van der Waals surface area contributed by atoms with Gasteiger partial charge < -0.3 is 5.32 Å². The van der Waals surface area contributed by atoms with Crippen molar-refractivity contribution < 1.29 is 13.2 Å². The Morgan fingerprint density at radius 1 is 0.962 bits per heavy atom. The zero-order valence-electron chi connectivity index (χ0n) is 14.0. The maximum atomic E-state index is 12.7. The minimum absolute atomic E-state index is 0.197. The van der Waals surface area contributed by atoms with Gasteiger partial charge in [-0.1, -0.05) is 35.9 Å². The van der Waals surface area contributed by atoms with E-state index in [2.05, 4.69) is 15.3 Å². The smallest absolute Gasteiger partial charge is 0.340 e. The van der Waals surface area contributed by atoms with Crippen LogP contribution in [0, 0.1) is 13.8 Å². The fourth-order valence-electron chi connectivity index (χ4n) is 2.44. The molecule has 0 amide bonds. The molecule has 1 aromatic heterocycles. The molecule has 0 unspecified atom stereocenters. The van der Waals surface area contributed by atoms with Crippen LogP contribution in [0.25, 0.3) is 11.4 Å². The molecule has 0 aliphatic carbocycles. The standard InChI is InChI=1S/C19H15ClF3N3/c1-11-4-3-5-15(12(11)2)24-17-10-16(20)25-18(26-17)13-6-8-14(9-7-13)19(21,22)23/h3-10H,1-2H3,(H,24,25,26). The number of halogens is 4. The van der Waals surface area contributed by atoms with Gasteiger partial charge in [-0.2, -0.15) is 13.2 Å². The number of nitrogens with zero attached hydrogens (tertiary/aromatic N) is 2. The van der Waals surface area contributed by atoms with Crippen molar-refractivity contribution in [2.24, 2.45) is 0 Å². The van der Waals surface area contributed by atoms with Gasteiger partial charge in [0.2, 0.25) is 0 Å². The molecule has 3 nitrogen and oxygen atoms in total. The van der Waals surface area contributed by atoms with E-state index in [4.69, 9.17) is 11.6 Å². The largest absolute Gasteiger partial charge is 0.416 e. The molecule has 0 bridgehead atoms. The minimum atomic E-state index is -4.39. The second-order valence-electron chi connectivity index (χ2n) is 5.85. The maximum Gasteiger partial charge on any atom is 0.416 e. The molecule has 0 atom stereocenters. The first-order chi connectivity index (χ1) is 12.2. The summed E-state index contributed by atoms with van der Waals surface area (Å²) in [4.78, 5) is 8.48. The molecular formula is C19H15ClF3N3. The van der Waals surface area contributed by atoms with Crippen LogP contribution in [0.3, 0.4) is 0 Å². The number of rotatable bonds is 3. The fourth-order valence-corrected chi connectivity index (χ4v) is 2.63. The van der Waals surface area contributed by atoms with Gasteiger partial charge in [-0.3, -0.25) is 0 Å². The average molecular weight is 378 g/mol. The highest BCUT2D eigenvalue weighted by molar-refractivity contribution is 6.29. The number of hydrogen-bond acceptors (Lipinski definition) is 3. The summed E-state index contributed by atoms with van der Waals surface area (Å²) in [7, 11) is 0. The maximum absolute atomic E-state index is 12.7. The van der Waals surface area contributed by atoms with Crippen molar-refractivity contribution in [3.8, 4) is 11.4 Å². The molecular weight excluding hydrogens is 363 g/mol. The summed E-state index contributed by atoms with van der Waals surface area (Å²) in [6.45, 7) is 3.98. The van der Waals surface area contributed by atoms with E-state index in [1.807, 2.05) is 32.0 Å². The summed E-state index contributed by atoms with van der Waals surface area (Å²) in [5.74, 6) is 0.715. The Labute approximate surface area is 153 Å². The van der Waals surface area contributed by atoms with Gasteiger partial charge in [-0.05, 0) is 43.2 Å². The molecule has 0 aliphatic rings. The Bertz CT molecular complexity index is 938. The zero-order valence-corrected chi connectivity index (χ0v) is 14.8. The third-order valence-electron chi connectivity index (χ3n) is 4.03. The highest BCUT2D eigenvalue weighted by Gasteiger charge is 2.30. The summed E-state index contributed by atoms with van der Waals surface area (Å²) in [6, 6.07) is 12.1. The fraction of sp³-hybridized carbons (Fsp3) is 0.158. The first-order valence-electron chi connectivity index (χ1n) is 7.79. The molecule has 0 saturated carbocycles. The lowest BCUT2D eigenvalue weighted by Gasteiger charge is -2.12. The monoisotopic (exact) mass is 377 g/mol. The van der Waals surface area contributed by atoms with E-state index in [9.17, 15) is 13.2 Å². The third kappa shape index (κ3) is 3.96. The van der Waals surface area contributed by atoms with Crippen LogP contribution in [0.1, 0.15) is 16.7 Å². The molecule has 3 rings (SSSR count). The number of anilines is 2. The summed E-state index contributed by atoms with van der Waals surface area (Å²) in [6.07, 6.45) is -4.39. The van der Waals surface area contributed by atoms with Gasteiger partial charge in [0.25, 0.3) is 0 Å². The zero-order chi connectivity index (χ0) is 18.9. The highest BCUT2D eigenvalue weighted by atomic mass is 35.5. The molecule has 1 heterocycles. The van der Waals surface area contributed by atoms with Crippen molar-refractivity contribution in [1.82, 2.24) is 9.97 Å². The summed E-state index contributed by atoms with van der Waals surface area (Å²) < 4.78 is 38.1. The number of nitrogens with one attached hydrogen (secondary N) is 1. The average Bonchev–Trinajstić information content (AvgIpc) is 2.58. The minimum Gasteiger partial charge on any atom is -0.340 e. The van der Waals surface area contributed by atoms with Crippen molar-refractivity contribution in [3.63, 3.8) is 0 Å². The van der Waals surface area contributed by atoms with E-state index in [-0.39, 0.29) is 11.0 Å². The van der Waals surface area contributed by atoms with Gasteiger partial charge in [-0.25, -0.2) is 9.97 Å². The van der Waals surface area contributed by atoms with Gasteiger partial charge >= 0.3 is 6.18 Å². The van der Waals surface area contributed by atoms with Crippen LogP contribution in [-0.4, -0.2) is 9.97 Å². The van der Waals surface area contributed by atoms with Crippen LogP contribution >= 0.6 is 11.6 Å². The number of aryl methyl sites for hydroxylation is 1. The van der Waals surface area contributed by atoms with Crippen LogP contribution in [0.15, 0.2) is 48.5 Å². The first-order valence-corrected chi connectivity index (χ1v) is 8.17. The van der Waals surface area contributed by atoms with Crippen molar-refractivity contribution in [2.75, 3.05) is 5.32 Å². The Hall–Kier alpha value is -2.60. The van der Waals surface area contributed by atoms with Gasteiger partial charge in [0.15, 0.2) is 5.82 Å². The lowest BCUT2D eigenvalue weighted by Crippen LogP contribution is -2.04. The van der Waals surface area contributed by atoms with E-state index in [1.54, 1.807) is 6.07 Å². The molecule has 26 heavy (non-hydrogen) atoms. The Kier molecular flexibility index (Phi) is 4.87. The SMILES string of the molecule is Cc1cccc(Nc2cc(Cl)nc(-c3ccc(C(F)(F)F)cc3)n2)c1C. The lowest BCUT2D eigenvalue weighted by atomic mass is 10.1. The number of hydrogen-bond donors (Lipinski definition) is 1. The Morgan fingerprint density at radius 2 is 1.65 bits per heavy atom. The molecule has 0 radical (unpaired) electrons. The second-order valence-corrected chi connectivity index (χ2v) is 6.23. The first kappa shape index (κ1) is 18.2. The Morgan fingerprint density at radius 3 is 2.31 bits per heavy atom. The van der Waals surface area contributed by atoms with Crippen LogP contribution in [0.2, 0.25) is 5.15 Å². The molecule has 0 aliphatic heterocycles. The molecule has 3 aromatic rings. The summed E-state index contributed by atoms with van der Waals surface area (Å²) in [5.41, 5.74) is 2.79. The lowest BCUT2D eigenvalue weighted by molar-refractivity contribution is -0.137. The van der Waals surface area contributed by atoms with Gasteiger partial charge in [0.05, 0.1) is 5.56 Å². The van der Waals surface area contributed by atoms with Crippen molar-refractivity contribution in [2.45, 2.75) is 20.0 Å². The van der Waals surface area contributed by atoms with Crippen LogP contribution in [0.4, 0.5) is 24.7 Å². The van der Waals surface area contributed by atoms with Crippen molar-refractivity contribution >= 4 is 23.1 Å². The van der Waals surface area contributed by atoms with Gasteiger partial charge in [-0.15, -0.1) is 0 Å². The molecule has 2 aromatic carbocycles. The van der Waals surface area contributed by atoms with Gasteiger partial charge in [0.1, 0.15) is 11.0 Å². The van der Waals surface area contributed by atoms with Crippen molar-refractivity contribution in [1.29, 1.82) is 0 Å². The van der Waals surface area contributed by atoms with Crippen LogP contribution in [0.5, 0.6) is 0 Å². The molecule has 1 N–H and O–H groups in total. The molecule has 134 valence electrons. The number of benzene rings is 2. The molecule has 0 spiro atoms. The van der Waals surface area contributed by atoms with E-state index >= 15 is 0 Å². The Balaban J connectivity index is 1.94. The highest BCUT2D eigenvalue weighted by Crippen LogP contribution is 2.31. The number of aromatic nitrogens is 2. The van der Waals surface area contributed by atoms with E-state index in [0.29, 0.717) is 11.4 Å². The number of alkyl halides is 3. The summed E-state index contributed by atoms with van der Waals surface area (Å²) >= 11 is 6.07. The molecule has 0 saturated heterocycles. The second kappa shape index (κ2) is 6.96. The predicted molar refractivity (Wildman–Crippen MR) is 96.7 cm³/mol. The third-order valence-corrected chi connectivity index (χ3v) is 4.23.